The SMILES string of the molecule is CCOc1cc(F)ccc1NC1CC(NC(=O)OCc2ccccc2)C1. The molecule has 0 unspecified atom stereocenters. The summed E-state index contributed by atoms with van der Waals surface area (Å²) in [4.78, 5) is 11.8. The molecule has 0 aliphatic heterocycles. The van der Waals surface area contributed by atoms with Crippen LogP contribution >= 0.6 is 0 Å². The number of rotatable bonds is 7. The number of hydrogen-bond donors (Lipinski definition) is 2. The number of carbonyl (C=O) groups is 1. The van der Waals surface area contributed by atoms with Gasteiger partial charge in [0.1, 0.15) is 18.2 Å². The van der Waals surface area contributed by atoms with Crippen LogP contribution in [-0.4, -0.2) is 24.8 Å². The largest absolute Gasteiger partial charge is 0.492 e. The molecule has 0 aromatic heterocycles. The van der Waals surface area contributed by atoms with E-state index in [-0.39, 0.29) is 24.5 Å². The maximum atomic E-state index is 13.3. The Kier molecular flexibility index (Phi) is 5.94. The highest BCUT2D eigenvalue weighted by molar-refractivity contribution is 5.68. The Labute approximate surface area is 152 Å². The Morgan fingerprint density at radius 2 is 1.92 bits per heavy atom. The highest BCUT2D eigenvalue weighted by Crippen LogP contribution is 2.30. The number of amides is 1. The molecule has 1 saturated carbocycles. The van der Waals surface area contributed by atoms with Gasteiger partial charge in [0.25, 0.3) is 0 Å². The first-order chi connectivity index (χ1) is 12.6. The van der Waals surface area contributed by atoms with Gasteiger partial charge in [0, 0.05) is 18.2 Å². The van der Waals surface area contributed by atoms with Gasteiger partial charge in [0.2, 0.25) is 0 Å². The van der Waals surface area contributed by atoms with E-state index in [0.29, 0.717) is 12.4 Å². The van der Waals surface area contributed by atoms with Crippen molar-refractivity contribution in [3.63, 3.8) is 0 Å². The van der Waals surface area contributed by atoms with Crippen molar-refractivity contribution >= 4 is 11.8 Å². The molecule has 2 N–H and O–H groups in total. The predicted octanol–water partition coefficient (Wildman–Crippen LogP) is 4.09. The number of hydrogen-bond acceptors (Lipinski definition) is 4. The van der Waals surface area contributed by atoms with Crippen LogP contribution in [0, 0.1) is 5.82 Å². The minimum absolute atomic E-state index is 0.0757. The van der Waals surface area contributed by atoms with Gasteiger partial charge in [-0.3, -0.25) is 0 Å². The fourth-order valence-corrected chi connectivity index (χ4v) is 2.90. The highest BCUT2D eigenvalue weighted by Gasteiger charge is 2.31. The molecule has 5 nitrogen and oxygen atoms in total. The van der Waals surface area contributed by atoms with Crippen LogP contribution in [0.3, 0.4) is 0 Å². The van der Waals surface area contributed by atoms with Crippen LogP contribution in [0.25, 0.3) is 0 Å². The quantitative estimate of drug-likeness (QED) is 0.783. The van der Waals surface area contributed by atoms with Crippen LogP contribution in [0.5, 0.6) is 5.75 Å². The van der Waals surface area contributed by atoms with Crippen molar-refractivity contribution in [2.45, 2.75) is 38.5 Å². The number of nitrogens with one attached hydrogen (secondary N) is 2. The summed E-state index contributed by atoms with van der Waals surface area (Å²) >= 11 is 0. The topological polar surface area (TPSA) is 59.6 Å². The summed E-state index contributed by atoms with van der Waals surface area (Å²) < 4.78 is 24.0. The average molecular weight is 358 g/mol. The van der Waals surface area contributed by atoms with Crippen LogP contribution in [0.1, 0.15) is 25.3 Å². The zero-order chi connectivity index (χ0) is 18.4. The maximum Gasteiger partial charge on any atom is 0.407 e. The summed E-state index contributed by atoms with van der Waals surface area (Å²) in [5.41, 5.74) is 1.72. The van der Waals surface area contributed by atoms with Crippen molar-refractivity contribution in [1.82, 2.24) is 5.32 Å². The molecule has 0 radical (unpaired) electrons. The van der Waals surface area contributed by atoms with Crippen LogP contribution in [0.15, 0.2) is 48.5 Å². The van der Waals surface area contributed by atoms with Crippen LogP contribution in [-0.2, 0) is 11.3 Å². The second-order valence-corrected chi connectivity index (χ2v) is 6.29. The maximum absolute atomic E-state index is 13.3. The zero-order valence-electron chi connectivity index (χ0n) is 14.7. The second-order valence-electron chi connectivity index (χ2n) is 6.29. The molecule has 6 heteroatoms. The number of anilines is 1. The first-order valence-electron chi connectivity index (χ1n) is 8.80. The number of ether oxygens (including phenoxy) is 2. The first kappa shape index (κ1) is 18.0. The highest BCUT2D eigenvalue weighted by atomic mass is 19.1. The third kappa shape index (κ3) is 4.88. The number of halogens is 1. The fraction of sp³-hybridized carbons (Fsp3) is 0.350. The lowest BCUT2D eigenvalue weighted by Gasteiger charge is -2.36. The molecule has 1 aliphatic rings. The van der Waals surface area contributed by atoms with Gasteiger partial charge in [0.15, 0.2) is 0 Å². The second kappa shape index (κ2) is 8.56. The monoisotopic (exact) mass is 358 g/mol. The lowest BCUT2D eigenvalue weighted by Crippen LogP contribution is -2.49. The van der Waals surface area contributed by atoms with Gasteiger partial charge in [-0.1, -0.05) is 30.3 Å². The van der Waals surface area contributed by atoms with E-state index in [0.717, 1.165) is 24.1 Å². The Morgan fingerprint density at radius 1 is 1.15 bits per heavy atom. The summed E-state index contributed by atoms with van der Waals surface area (Å²) in [7, 11) is 0. The number of alkyl carbamates (subject to hydrolysis) is 1. The molecule has 2 aromatic carbocycles. The molecule has 3 rings (SSSR count). The van der Waals surface area contributed by atoms with E-state index in [1.165, 1.54) is 12.1 Å². The molecule has 2 aromatic rings. The predicted molar refractivity (Wildman–Crippen MR) is 97.8 cm³/mol. The Morgan fingerprint density at radius 3 is 2.65 bits per heavy atom. The van der Waals surface area contributed by atoms with E-state index in [9.17, 15) is 9.18 Å². The van der Waals surface area contributed by atoms with E-state index in [2.05, 4.69) is 10.6 Å². The van der Waals surface area contributed by atoms with Gasteiger partial charge < -0.3 is 20.1 Å². The van der Waals surface area contributed by atoms with Crippen LogP contribution in [0.4, 0.5) is 14.9 Å². The van der Waals surface area contributed by atoms with Gasteiger partial charge in [-0.25, -0.2) is 9.18 Å². The minimum atomic E-state index is -0.408. The third-order valence-corrected chi connectivity index (χ3v) is 4.28. The van der Waals surface area contributed by atoms with Crippen molar-refractivity contribution in [1.29, 1.82) is 0 Å². The molecule has 0 heterocycles. The molecule has 1 aliphatic carbocycles. The normalized spacial score (nSPS) is 18.5. The van der Waals surface area contributed by atoms with Crippen molar-refractivity contribution in [3.8, 4) is 5.75 Å². The smallest absolute Gasteiger partial charge is 0.407 e. The summed E-state index contributed by atoms with van der Waals surface area (Å²) in [5, 5.41) is 6.20. The van der Waals surface area contributed by atoms with E-state index in [1.54, 1.807) is 6.07 Å². The molecule has 0 saturated heterocycles. The minimum Gasteiger partial charge on any atom is -0.492 e. The summed E-state index contributed by atoms with van der Waals surface area (Å²) in [6, 6.07) is 14.3. The summed E-state index contributed by atoms with van der Waals surface area (Å²) in [6.07, 6.45) is 1.15. The van der Waals surface area contributed by atoms with Crippen LogP contribution < -0.4 is 15.4 Å². The van der Waals surface area contributed by atoms with E-state index in [4.69, 9.17) is 9.47 Å². The lowest BCUT2D eigenvalue weighted by molar-refractivity contribution is 0.129. The Balaban J connectivity index is 1.41. The Hall–Kier alpha value is -2.76. The summed E-state index contributed by atoms with van der Waals surface area (Å²) in [5.74, 6) is 0.180. The first-order valence-corrected chi connectivity index (χ1v) is 8.80. The zero-order valence-corrected chi connectivity index (χ0v) is 14.7. The molecule has 1 amide bonds. The number of carbonyl (C=O) groups excluding carboxylic acids is 1. The Bertz CT molecular complexity index is 733. The standard InChI is InChI=1S/C20H23FN2O3/c1-2-25-19-10-15(21)8-9-18(19)22-16-11-17(12-16)23-20(24)26-13-14-6-4-3-5-7-14/h3-10,16-17,22H,2,11-13H2,1H3,(H,23,24). The number of benzene rings is 2. The van der Waals surface area contributed by atoms with Crippen molar-refractivity contribution in [2.24, 2.45) is 0 Å². The average Bonchev–Trinajstić information content (AvgIpc) is 2.61. The van der Waals surface area contributed by atoms with Crippen molar-refractivity contribution in [3.05, 3.63) is 59.9 Å². The molecule has 26 heavy (non-hydrogen) atoms. The van der Waals surface area contributed by atoms with E-state index in [1.807, 2.05) is 37.3 Å². The summed E-state index contributed by atoms with van der Waals surface area (Å²) in [6.45, 7) is 2.59. The third-order valence-electron chi connectivity index (χ3n) is 4.28. The molecule has 0 spiro atoms. The van der Waals surface area contributed by atoms with Crippen molar-refractivity contribution in [2.75, 3.05) is 11.9 Å². The molecule has 1 fully saturated rings. The van der Waals surface area contributed by atoms with Crippen LogP contribution in [0.2, 0.25) is 0 Å². The van der Waals surface area contributed by atoms with E-state index < -0.39 is 6.09 Å². The molecular formula is C20H23FN2O3. The molecule has 0 atom stereocenters. The van der Waals surface area contributed by atoms with Gasteiger partial charge in [-0.05, 0) is 37.5 Å². The lowest BCUT2D eigenvalue weighted by atomic mass is 9.86. The van der Waals surface area contributed by atoms with Gasteiger partial charge in [0.05, 0.1) is 12.3 Å². The van der Waals surface area contributed by atoms with Gasteiger partial charge in [-0.15, -0.1) is 0 Å². The molecule has 0 bridgehead atoms. The van der Waals surface area contributed by atoms with Gasteiger partial charge >= 0.3 is 6.09 Å². The van der Waals surface area contributed by atoms with E-state index >= 15 is 0 Å². The van der Waals surface area contributed by atoms with Gasteiger partial charge in [-0.2, -0.15) is 0 Å². The fourth-order valence-electron chi connectivity index (χ4n) is 2.90. The molecule has 138 valence electrons. The molecular weight excluding hydrogens is 335 g/mol. The van der Waals surface area contributed by atoms with Crippen molar-refractivity contribution < 1.29 is 18.7 Å².